The maximum absolute atomic E-state index is 11.7. The molecule has 0 saturated carbocycles. The molecule has 0 aliphatic carbocycles. The SMILES string of the molecule is COc1ccc(CNC(=O)CNS(=O)(=O)N(C)C)cc1OC. The van der Waals surface area contributed by atoms with E-state index in [2.05, 4.69) is 10.0 Å². The molecule has 0 saturated heterocycles. The standard InChI is InChI=1S/C13H21N3O5S/c1-16(2)22(18,19)15-9-13(17)14-8-10-5-6-11(20-3)12(7-10)21-4/h5-7,15H,8-9H2,1-4H3,(H,14,17). The first kappa shape index (κ1) is 18.2. The molecule has 1 aromatic carbocycles. The van der Waals surface area contributed by atoms with E-state index in [1.54, 1.807) is 18.2 Å². The summed E-state index contributed by atoms with van der Waals surface area (Å²) in [5, 5.41) is 2.62. The normalized spacial score (nSPS) is 11.3. The molecule has 0 aliphatic heterocycles. The number of nitrogens with one attached hydrogen (secondary N) is 2. The van der Waals surface area contributed by atoms with Crippen LogP contribution in [0.2, 0.25) is 0 Å². The maximum atomic E-state index is 11.7. The van der Waals surface area contributed by atoms with Crippen LogP contribution in [0, 0.1) is 0 Å². The predicted molar refractivity (Wildman–Crippen MR) is 82.0 cm³/mol. The highest BCUT2D eigenvalue weighted by atomic mass is 32.2. The molecule has 0 radical (unpaired) electrons. The number of carbonyl (C=O) groups excluding carboxylic acids is 1. The molecule has 1 amide bonds. The Morgan fingerprint density at radius 2 is 1.82 bits per heavy atom. The van der Waals surface area contributed by atoms with Crippen molar-refractivity contribution in [2.24, 2.45) is 0 Å². The Morgan fingerprint density at radius 3 is 2.36 bits per heavy atom. The Labute approximate surface area is 130 Å². The molecule has 124 valence electrons. The van der Waals surface area contributed by atoms with Crippen molar-refractivity contribution in [3.05, 3.63) is 23.8 Å². The Balaban J connectivity index is 2.54. The molecule has 9 heteroatoms. The lowest BCUT2D eigenvalue weighted by Gasteiger charge is -2.13. The first-order chi connectivity index (χ1) is 10.3. The molecular formula is C13H21N3O5S. The van der Waals surface area contributed by atoms with Gasteiger partial charge in [0.2, 0.25) is 5.91 Å². The average Bonchev–Trinajstić information content (AvgIpc) is 2.50. The molecule has 1 aromatic rings. The lowest BCUT2D eigenvalue weighted by Crippen LogP contribution is -2.41. The molecule has 0 spiro atoms. The fourth-order valence-electron chi connectivity index (χ4n) is 1.54. The van der Waals surface area contributed by atoms with Gasteiger partial charge in [0.25, 0.3) is 10.2 Å². The minimum absolute atomic E-state index is 0.253. The van der Waals surface area contributed by atoms with Crippen LogP contribution < -0.4 is 19.5 Å². The van der Waals surface area contributed by atoms with Gasteiger partial charge in [-0.1, -0.05) is 6.07 Å². The summed E-state index contributed by atoms with van der Waals surface area (Å²) in [6, 6.07) is 5.25. The summed E-state index contributed by atoms with van der Waals surface area (Å²) >= 11 is 0. The Morgan fingerprint density at radius 1 is 1.18 bits per heavy atom. The number of ether oxygens (including phenoxy) is 2. The van der Waals surface area contributed by atoms with Crippen molar-refractivity contribution in [2.45, 2.75) is 6.54 Å². The number of amides is 1. The third-order valence-electron chi connectivity index (χ3n) is 2.83. The van der Waals surface area contributed by atoms with Crippen LogP contribution in [0.1, 0.15) is 5.56 Å². The number of hydrogen-bond acceptors (Lipinski definition) is 5. The zero-order valence-electron chi connectivity index (χ0n) is 13.0. The van der Waals surface area contributed by atoms with Gasteiger partial charge in [0.15, 0.2) is 11.5 Å². The Bertz CT molecular complexity index is 616. The summed E-state index contributed by atoms with van der Waals surface area (Å²) in [6.07, 6.45) is 0. The number of hydrogen-bond donors (Lipinski definition) is 2. The number of nitrogens with zero attached hydrogens (tertiary/aromatic N) is 1. The molecule has 0 fully saturated rings. The highest BCUT2D eigenvalue weighted by Crippen LogP contribution is 2.27. The third-order valence-corrected chi connectivity index (χ3v) is 4.30. The van der Waals surface area contributed by atoms with Gasteiger partial charge in [0.05, 0.1) is 20.8 Å². The monoisotopic (exact) mass is 331 g/mol. The fourth-order valence-corrected chi connectivity index (χ4v) is 2.11. The van der Waals surface area contributed by atoms with Crippen LogP contribution in [0.25, 0.3) is 0 Å². The lowest BCUT2D eigenvalue weighted by atomic mass is 10.2. The molecule has 0 bridgehead atoms. The second kappa shape index (κ2) is 7.97. The minimum Gasteiger partial charge on any atom is -0.493 e. The first-order valence-electron chi connectivity index (χ1n) is 6.45. The highest BCUT2D eigenvalue weighted by molar-refractivity contribution is 7.87. The van der Waals surface area contributed by atoms with Crippen LogP contribution in [0.3, 0.4) is 0 Å². The minimum atomic E-state index is -3.61. The summed E-state index contributed by atoms with van der Waals surface area (Å²) < 4.78 is 36.4. The molecule has 0 aliphatic rings. The van der Waals surface area contributed by atoms with Crippen LogP contribution in [-0.4, -0.2) is 53.5 Å². The van der Waals surface area contributed by atoms with Gasteiger partial charge < -0.3 is 14.8 Å². The highest BCUT2D eigenvalue weighted by Gasteiger charge is 2.14. The van der Waals surface area contributed by atoms with E-state index in [0.717, 1.165) is 9.87 Å². The summed E-state index contributed by atoms with van der Waals surface area (Å²) in [4.78, 5) is 11.7. The Hall–Kier alpha value is -1.84. The van der Waals surface area contributed by atoms with Crippen molar-refractivity contribution < 1.29 is 22.7 Å². The van der Waals surface area contributed by atoms with Crippen molar-refractivity contribution in [3.63, 3.8) is 0 Å². The van der Waals surface area contributed by atoms with Crippen LogP contribution in [0.4, 0.5) is 0 Å². The van der Waals surface area contributed by atoms with Crippen molar-refractivity contribution >= 4 is 16.1 Å². The molecule has 2 N–H and O–H groups in total. The number of benzene rings is 1. The zero-order chi connectivity index (χ0) is 16.8. The van der Waals surface area contributed by atoms with E-state index in [-0.39, 0.29) is 13.1 Å². The van der Waals surface area contributed by atoms with Gasteiger partial charge in [-0.05, 0) is 17.7 Å². The quantitative estimate of drug-likeness (QED) is 0.683. The van der Waals surface area contributed by atoms with E-state index < -0.39 is 16.1 Å². The van der Waals surface area contributed by atoms with Gasteiger partial charge in [-0.3, -0.25) is 4.79 Å². The molecule has 8 nitrogen and oxygen atoms in total. The second-order valence-electron chi connectivity index (χ2n) is 4.57. The van der Waals surface area contributed by atoms with E-state index in [1.807, 2.05) is 0 Å². The summed E-state index contributed by atoms with van der Waals surface area (Å²) in [5.74, 6) is 0.721. The molecule has 1 rings (SSSR count). The maximum Gasteiger partial charge on any atom is 0.279 e. The average molecular weight is 331 g/mol. The van der Waals surface area contributed by atoms with Gasteiger partial charge >= 0.3 is 0 Å². The van der Waals surface area contributed by atoms with Crippen molar-refractivity contribution in [2.75, 3.05) is 34.9 Å². The third kappa shape index (κ3) is 5.17. The predicted octanol–water partition coefficient (Wildman–Crippen LogP) is -0.284. The number of methoxy groups -OCH3 is 2. The van der Waals surface area contributed by atoms with Crippen molar-refractivity contribution in [1.29, 1.82) is 0 Å². The smallest absolute Gasteiger partial charge is 0.279 e. The van der Waals surface area contributed by atoms with Gasteiger partial charge in [-0.15, -0.1) is 0 Å². The molecule has 0 heterocycles. The molecule has 0 unspecified atom stereocenters. The molecule has 22 heavy (non-hydrogen) atoms. The van der Waals surface area contributed by atoms with Gasteiger partial charge in [-0.2, -0.15) is 17.4 Å². The topological polar surface area (TPSA) is 97.0 Å². The molecule has 0 aromatic heterocycles. The van der Waals surface area contributed by atoms with Crippen LogP contribution >= 0.6 is 0 Å². The van der Waals surface area contributed by atoms with Crippen molar-refractivity contribution in [1.82, 2.24) is 14.3 Å². The summed E-state index contributed by atoms with van der Waals surface area (Å²) in [7, 11) is 2.21. The zero-order valence-corrected chi connectivity index (χ0v) is 13.9. The van der Waals surface area contributed by atoms with E-state index >= 15 is 0 Å². The fraction of sp³-hybridized carbons (Fsp3) is 0.462. The van der Waals surface area contributed by atoms with Crippen molar-refractivity contribution in [3.8, 4) is 11.5 Å². The number of carbonyl (C=O) groups is 1. The molecular weight excluding hydrogens is 310 g/mol. The second-order valence-corrected chi connectivity index (χ2v) is 6.54. The first-order valence-corrected chi connectivity index (χ1v) is 7.89. The largest absolute Gasteiger partial charge is 0.493 e. The van der Waals surface area contributed by atoms with Crippen LogP contribution in [0.5, 0.6) is 11.5 Å². The van der Waals surface area contributed by atoms with Gasteiger partial charge in [0.1, 0.15) is 0 Å². The van der Waals surface area contributed by atoms with Gasteiger partial charge in [-0.25, -0.2) is 0 Å². The lowest BCUT2D eigenvalue weighted by molar-refractivity contribution is -0.120. The van der Waals surface area contributed by atoms with Crippen LogP contribution in [0.15, 0.2) is 18.2 Å². The van der Waals surface area contributed by atoms with Crippen LogP contribution in [-0.2, 0) is 21.5 Å². The molecule has 0 atom stereocenters. The van der Waals surface area contributed by atoms with E-state index in [0.29, 0.717) is 11.5 Å². The number of rotatable bonds is 8. The van der Waals surface area contributed by atoms with E-state index in [9.17, 15) is 13.2 Å². The summed E-state index contributed by atoms with van der Waals surface area (Å²) in [5.41, 5.74) is 0.807. The van der Waals surface area contributed by atoms with E-state index in [1.165, 1.54) is 28.3 Å². The van der Waals surface area contributed by atoms with E-state index in [4.69, 9.17) is 9.47 Å². The summed E-state index contributed by atoms with van der Waals surface area (Å²) in [6.45, 7) is -0.0727. The van der Waals surface area contributed by atoms with Gasteiger partial charge in [0, 0.05) is 20.6 Å². The Kier molecular flexibility index (Phi) is 6.60.